The van der Waals surface area contributed by atoms with Crippen LogP contribution in [0, 0.1) is 5.92 Å². The summed E-state index contributed by atoms with van der Waals surface area (Å²) in [6.45, 7) is 5.01. The third-order valence-electron chi connectivity index (χ3n) is 4.50. The van der Waals surface area contributed by atoms with Crippen LogP contribution in [-0.2, 0) is 33.5 Å². The Morgan fingerprint density at radius 2 is 1.96 bits per heavy atom. The first kappa shape index (κ1) is 17.2. The second-order valence-corrected chi connectivity index (χ2v) is 6.92. The van der Waals surface area contributed by atoms with Crippen molar-refractivity contribution < 1.29 is 14.7 Å². The molecule has 0 bridgehead atoms. The number of aryl methyl sites for hydroxylation is 2. The first-order valence-corrected chi connectivity index (χ1v) is 8.38. The van der Waals surface area contributed by atoms with Crippen LogP contribution in [0.2, 0.25) is 0 Å². The van der Waals surface area contributed by atoms with Crippen LogP contribution in [0.3, 0.4) is 0 Å². The van der Waals surface area contributed by atoms with Crippen LogP contribution in [0.4, 0.5) is 0 Å². The Bertz CT molecular complexity index is 834. The Morgan fingerprint density at radius 3 is 2.60 bits per heavy atom. The van der Waals surface area contributed by atoms with Gasteiger partial charge in [-0.05, 0) is 18.4 Å². The Hall–Kier alpha value is -2.64. The minimum Gasteiger partial charge on any atom is -0.476 e. The van der Waals surface area contributed by atoms with Crippen LogP contribution in [0.1, 0.15) is 51.8 Å². The van der Waals surface area contributed by atoms with Crippen LogP contribution >= 0.6 is 0 Å². The van der Waals surface area contributed by atoms with E-state index in [1.54, 1.807) is 28.4 Å². The fourth-order valence-electron chi connectivity index (χ4n) is 3.34. The predicted molar refractivity (Wildman–Crippen MR) is 90.4 cm³/mol. The molecule has 8 nitrogen and oxygen atoms in total. The molecule has 3 rings (SSSR count). The van der Waals surface area contributed by atoms with Gasteiger partial charge in [0.2, 0.25) is 0 Å². The van der Waals surface area contributed by atoms with Gasteiger partial charge in [-0.25, -0.2) is 4.79 Å². The Morgan fingerprint density at radius 1 is 1.24 bits per heavy atom. The minimum absolute atomic E-state index is 0.0282. The van der Waals surface area contributed by atoms with E-state index in [1.165, 1.54) is 0 Å². The van der Waals surface area contributed by atoms with Crippen molar-refractivity contribution in [2.75, 3.05) is 6.54 Å². The highest BCUT2D eigenvalue weighted by Crippen LogP contribution is 2.24. The molecule has 0 saturated carbocycles. The molecule has 0 unspecified atom stereocenters. The van der Waals surface area contributed by atoms with E-state index in [4.69, 9.17) is 0 Å². The molecule has 3 heterocycles. The van der Waals surface area contributed by atoms with E-state index in [2.05, 4.69) is 24.0 Å². The quantitative estimate of drug-likeness (QED) is 0.900. The van der Waals surface area contributed by atoms with Crippen LogP contribution < -0.4 is 0 Å². The van der Waals surface area contributed by atoms with Gasteiger partial charge in [-0.15, -0.1) is 0 Å². The lowest BCUT2D eigenvalue weighted by Crippen LogP contribution is -2.37. The van der Waals surface area contributed by atoms with Gasteiger partial charge >= 0.3 is 5.97 Å². The standard InChI is InChI=1S/C17H23N5O3/c1-10(2)7-11-8-14(21(4)18-11)16(23)22-6-5-13-12(9-22)15(17(24)25)19-20(13)3/h8,10H,5-7,9H2,1-4H3,(H,24,25). The summed E-state index contributed by atoms with van der Waals surface area (Å²) in [7, 11) is 3.50. The minimum atomic E-state index is -1.06. The van der Waals surface area contributed by atoms with E-state index in [9.17, 15) is 14.7 Å². The van der Waals surface area contributed by atoms with Crippen molar-refractivity contribution in [1.82, 2.24) is 24.5 Å². The van der Waals surface area contributed by atoms with Crippen molar-refractivity contribution in [3.63, 3.8) is 0 Å². The highest BCUT2D eigenvalue weighted by atomic mass is 16.4. The van der Waals surface area contributed by atoms with E-state index in [1.807, 2.05) is 6.07 Å². The fraction of sp³-hybridized carbons (Fsp3) is 0.529. The monoisotopic (exact) mass is 345 g/mol. The first-order valence-electron chi connectivity index (χ1n) is 8.38. The third-order valence-corrected chi connectivity index (χ3v) is 4.50. The molecule has 0 spiro atoms. The zero-order valence-electron chi connectivity index (χ0n) is 15.0. The molecule has 1 amide bonds. The molecule has 25 heavy (non-hydrogen) atoms. The van der Waals surface area contributed by atoms with Crippen molar-refractivity contribution in [3.8, 4) is 0 Å². The number of carbonyl (C=O) groups is 2. The summed E-state index contributed by atoms with van der Waals surface area (Å²) < 4.78 is 3.21. The van der Waals surface area contributed by atoms with Gasteiger partial charge in [0, 0.05) is 38.3 Å². The lowest BCUT2D eigenvalue weighted by atomic mass is 10.0. The number of aromatic nitrogens is 4. The molecule has 0 aliphatic carbocycles. The van der Waals surface area contributed by atoms with Gasteiger partial charge in [-0.3, -0.25) is 14.2 Å². The number of carboxylic acids is 1. The highest BCUT2D eigenvalue weighted by Gasteiger charge is 2.30. The molecule has 0 saturated heterocycles. The van der Waals surface area contributed by atoms with Crippen molar-refractivity contribution in [2.24, 2.45) is 20.0 Å². The molecular formula is C17H23N5O3. The van der Waals surface area contributed by atoms with Gasteiger partial charge in [-0.2, -0.15) is 10.2 Å². The third kappa shape index (κ3) is 3.16. The molecule has 2 aromatic rings. The Balaban J connectivity index is 1.86. The molecule has 1 N–H and O–H groups in total. The number of amides is 1. The van der Waals surface area contributed by atoms with Crippen LogP contribution in [-0.4, -0.2) is 48.0 Å². The van der Waals surface area contributed by atoms with Gasteiger partial charge in [0.15, 0.2) is 5.69 Å². The molecule has 1 aliphatic heterocycles. The highest BCUT2D eigenvalue weighted by molar-refractivity contribution is 5.93. The molecule has 134 valence electrons. The van der Waals surface area contributed by atoms with E-state index >= 15 is 0 Å². The maximum Gasteiger partial charge on any atom is 0.356 e. The maximum absolute atomic E-state index is 12.9. The van der Waals surface area contributed by atoms with E-state index in [0.29, 0.717) is 30.1 Å². The predicted octanol–water partition coefficient (Wildman–Crippen LogP) is 1.25. The molecule has 0 atom stereocenters. The van der Waals surface area contributed by atoms with Gasteiger partial charge in [0.05, 0.1) is 12.2 Å². The van der Waals surface area contributed by atoms with Crippen molar-refractivity contribution in [2.45, 2.75) is 33.2 Å². The zero-order chi connectivity index (χ0) is 18.3. The fourth-order valence-corrected chi connectivity index (χ4v) is 3.34. The number of fused-ring (bicyclic) bond motifs is 1. The summed E-state index contributed by atoms with van der Waals surface area (Å²) in [4.78, 5) is 26.0. The van der Waals surface area contributed by atoms with Crippen molar-refractivity contribution >= 4 is 11.9 Å². The number of carbonyl (C=O) groups excluding carboxylic acids is 1. The van der Waals surface area contributed by atoms with E-state index < -0.39 is 5.97 Å². The molecule has 2 aromatic heterocycles. The zero-order valence-corrected chi connectivity index (χ0v) is 15.0. The summed E-state index contributed by atoms with van der Waals surface area (Å²) in [5.41, 5.74) is 2.96. The number of rotatable bonds is 4. The molecule has 0 radical (unpaired) electrons. The molecular weight excluding hydrogens is 322 g/mol. The van der Waals surface area contributed by atoms with Gasteiger partial charge in [0.25, 0.3) is 5.91 Å². The molecule has 0 fully saturated rings. The lowest BCUT2D eigenvalue weighted by Gasteiger charge is -2.27. The normalized spacial score (nSPS) is 14.0. The topological polar surface area (TPSA) is 93.3 Å². The van der Waals surface area contributed by atoms with Gasteiger partial charge in [0.1, 0.15) is 5.69 Å². The van der Waals surface area contributed by atoms with Crippen molar-refractivity contribution in [1.29, 1.82) is 0 Å². The first-order chi connectivity index (χ1) is 11.8. The van der Waals surface area contributed by atoms with E-state index in [0.717, 1.165) is 17.8 Å². The maximum atomic E-state index is 12.9. The number of nitrogens with zero attached hydrogens (tertiary/aromatic N) is 5. The average Bonchev–Trinajstić information content (AvgIpc) is 3.06. The largest absolute Gasteiger partial charge is 0.476 e. The lowest BCUT2D eigenvalue weighted by molar-refractivity contribution is 0.0671. The Kier molecular flexibility index (Phi) is 4.36. The smallest absolute Gasteiger partial charge is 0.356 e. The number of carboxylic acid groups (broad SMARTS) is 1. The average molecular weight is 345 g/mol. The van der Waals surface area contributed by atoms with Crippen molar-refractivity contribution in [3.05, 3.63) is 34.4 Å². The van der Waals surface area contributed by atoms with Gasteiger partial charge in [-0.1, -0.05) is 13.8 Å². The molecule has 1 aliphatic rings. The second-order valence-electron chi connectivity index (χ2n) is 6.92. The second kappa shape index (κ2) is 6.34. The summed E-state index contributed by atoms with van der Waals surface area (Å²) in [5.74, 6) is -0.731. The van der Waals surface area contributed by atoms with E-state index in [-0.39, 0.29) is 18.1 Å². The van der Waals surface area contributed by atoms with Crippen LogP contribution in [0.25, 0.3) is 0 Å². The van der Waals surface area contributed by atoms with Crippen LogP contribution in [0.15, 0.2) is 6.07 Å². The number of hydrogen-bond donors (Lipinski definition) is 1. The Labute approximate surface area is 146 Å². The summed E-state index contributed by atoms with van der Waals surface area (Å²) >= 11 is 0. The summed E-state index contributed by atoms with van der Waals surface area (Å²) in [5, 5.41) is 17.8. The molecule has 8 heteroatoms. The summed E-state index contributed by atoms with van der Waals surface area (Å²) in [6.07, 6.45) is 1.41. The van der Waals surface area contributed by atoms with Gasteiger partial charge < -0.3 is 10.0 Å². The SMILES string of the molecule is CC(C)Cc1cc(C(=O)N2CCc3c(c(C(=O)O)nn3C)C2)n(C)n1. The number of aromatic carboxylic acids is 1. The van der Waals surface area contributed by atoms with Crippen LogP contribution in [0.5, 0.6) is 0 Å². The molecule has 0 aromatic carbocycles. The summed E-state index contributed by atoms with van der Waals surface area (Å²) in [6, 6.07) is 1.83. The number of hydrogen-bond acceptors (Lipinski definition) is 4.